The Kier molecular flexibility index (Phi) is 4.70. The molecule has 3 rings (SSSR count). The fourth-order valence-electron chi connectivity index (χ4n) is 3.19. The minimum Gasteiger partial charge on any atom is -0.261 e. The Hall–Kier alpha value is -2.23. The van der Waals surface area contributed by atoms with Gasteiger partial charge in [0.15, 0.2) is 0 Å². The maximum atomic E-state index is 4.67. The predicted octanol–water partition coefficient (Wildman–Crippen LogP) is 4.94. The van der Waals surface area contributed by atoms with E-state index in [0.717, 1.165) is 40.7 Å². The minimum absolute atomic E-state index is 0.468. The van der Waals surface area contributed by atoms with Gasteiger partial charge in [0, 0.05) is 22.8 Å². The van der Waals surface area contributed by atoms with Gasteiger partial charge < -0.3 is 0 Å². The first-order valence-corrected chi connectivity index (χ1v) is 8.49. The van der Waals surface area contributed by atoms with Crippen LogP contribution in [0.5, 0.6) is 0 Å². The highest BCUT2D eigenvalue weighted by Gasteiger charge is 2.14. The van der Waals surface area contributed by atoms with Crippen LogP contribution < -0.4 is 0 Å². The van der Waals surface area contributed by atoms with Crippen molar-refractivity contribution in [3.8, 4) is 11.3 Å². The summed E-state index contributed by atoms with van der Waals surface area (Å²) in [6, 6.07) is 6.61. The Balaban J connectivity index is 2.01. The van der Waals surface area contributed by atoms with E-state index in [4.69, 9.17) is 0 Å². The number of pyridine rings is 2. The molecule has 0 aliphatic rings. The second-order valence-electron chi connectivity index (χ2n) is 6.09. The lowest BCUT2D eigenvalue weighted by Crippen LogP contribution is -2.10. The number of nitrogens with zero attached hydrogens (tertiary/aromatic N) is 4. The van der Waals surface area contributed by atoms with Crippen LogP contribution in [0.3, 0.4) is 0 Å². The van der Waals surface area contributed by atoms with E-state index >= 15 is 0 Å². The Labute approximate surface area is 137 Å². The van der Waals surface area contributed by atoms with E-state index in [2.05, 4.69) is 45.7 Å². The zero-order chi connectivity index (χ0) is 16.2. The summed E-state index contributed by atoms with van der Waals surface area (Å²) in [7, 11) is 0. The number of rotatable bonds is 6. The second-order valence-corrected chi connectivity index (χ2v) is 6.09. The number of fused-ring (bicyclic) bond motifs is 1. The predicted molar refractivity (Wildman–Crippen MR) is 94.3 cm³/mol. The Morgan fingerprint density at radius 1 is 1.09 bits per heavy atom. The van der Waals surface area contributed by atoms with E-state index in [-0.39, 0.29) is 0 Å². The van der Waals surface area contributed by atoms with Crippen LogP contribution in [0, 0.1) is 6.92 Å². The summed E-state index contributed by atoms with van der Waals surface area (Å²) in [6.45, 7) is 6.48. The monoisotopic (exact) mass is 308 g/mol. The average Bonchev–Trinajstić information content (AvgIpc) is 2.98. The van der Waals surface area contributed by atoms with Crippen molar-refractivity contribution in [1.29, 1.82) is 0 Å². The Morgan fingerprint density at radius 2 is 1.87 bits per heavy atom. The highest BCUT2D eigenvalue weighted by atomic mass is 15.3. The van der Waals surface area contributed by atoms with Gasteiger partial charge in [-0.15, -0.1) is 0 Å². The summed E-state index contributed by atoms with van der Waals surface area (Å²) in [5.74, 6) is 0. The quantitative estimate of drug-likeness (QED) is 0.647. The van der Waals surface area contributed by atoms with E-state index in [1.54, 1.807) is 0 Å². The van der Waals surface area contributed by atoms with E-state index in [1.165, 1.54) is 12.8 Å². The molecule has 0 saturated carbocycles. The molecule has 0 aromatic carbocycles. The van der Waals surface area contributed by atoms with Gasteiger partial charge in [0.2, 0.25) is 0 Å². The van der Waals surface area contributed by atoms with Crippen LogP contribution in [0.1, 0.15) is 51.3 Å². The molecule has 3 aromatic heterocycles. The summed E-state index contributed by atoms with van der Waals surface area (Å²) in [5, 5.41) is 5.80. The van der Waals surface area contributed by atoms with Gasteiger partial charge in [-0.3, -0.25) is 14.6 Å². The first-order chi connectivity index (χ1) is 11.2. The molecule has 0 bridgehead atoms. The molecule has 23 heavy (non-hydrogen) atoms. The smallest absolute Gasteiger partial charge is 0.0869 e. The molecule has 0 spiro atoms. The van der Waals surface area contributed by atoms with Gasteiger partial charge in [0.1, 0.15) is 0 Å². The van der Waals surface area contributed by atoms with Crippen molar-refractivity contribution in [3.63, 3.8) is 0 Å². The van der Waals surface area contributed by atoms with Crippen LogP contribution in [-0.4, -0.2) is 19.7 Å². The Morgan fingerprint density at radius 3 is 2.57 bits per heavy atom. The third-order valence-corrected chi connectivity index (χ3v) is 4.35. The van der Waals surface area contributed by atoms with Crippen LogP contribution in [0.15, 0.2) is 36.8 Å². The third-order valence-electron chi connectivity index (χ3n) is 4.35. The minimum atomic E-state index is 0.468. The summed E-state index contributed by atoms with van der Waals surface area (Å²) in [4.78, 5) is 9.03. The number of hydrogen-bond donors (Lipinski definition) is 0. The van der Waals surface area contributed by atoms with E-state index in [1.807, 2.05) is 31.6 Å². The molecule has 0 aliphatic carbocycles. The van der Waals surface area contributed by atoms with Crippen molar-refractivity contribution in [3.05, 3.63) is 42.5 Å². The molecule has 0 aliphatic heterocycles. The molecule has 120 valence electrons. The van der Waals surface area contributed by atoms with Gasteiger partial charge in [0.05, 0.1) is 29.6 Å². The summed E-state index contributed by atoms with van der Waals surface area (Å²) in [5.41, 5.74) is 4.18. The van der Waals surface area contributed by atoms with Crippen molar-refractivity contribution in [2.45, 2.75) is 52.5 Å². The van der Waals surface area contributed by atoms with Gasteiger partial charge in [-0.2, -0.15) is 5.10 Å². The second kappa shape index (κ2) is 6.90. The van der Waals surface area contributed by atoms with Crippen molar-refractivity contribution in [1.82, 2.24) is 19.7 Å². The van der Waals surface area contributed by atoms with Crippen LogP contribution in [-0.2, 0) is 0 Å². The van der Waals surface area contributed by atoms with E-state index in [9.17, 15) is 0 Å². The first-order valence-electron chi connectivity index (χ1n) is 8.49. The highest BCUT2D eigenvalue weighted by Crippen LogP contribution is 2.27. The molecule has 4 heteroatoms. The SMILES string of the molecule is CCCC(CCC)n1ncc2cc(-c3cccnc3C)ncc21. The highest BCUT2D eigenvalue weighted by molar-refractivity contribution is 5.82. The molecule has 3 aromatic rings. The lowest BCUT2D eigenvalue weighted by atomic mass is 10.1. The zero-order valence-electron chi connectivity index (χ0n) is 14.2. The number of aromatic nitrogens is 4. The fourth-order valence-corrected chi connectivity index (χ4v) is 3.19. The molecule has 0 atom stereocenters. The zero-order valence-corrected chi connectivity index (χ0v) is 14.2. The first kappa shape index (κ1) is 15.7. The van der Waals surface area contributed by atoms with Crippen molar-refractivity contribution in [2.75, 3.05) is 0 Å². The van der Waals surface area contributed by atoms with Crippen LogP contribution in [0.4, 0.5) is 0 Å². The molecule has 0 N–H and O–H groups in total. The largest absolute Gasteiger partial charge is 0.261 e. The van der Waals surface area contributed by atoms with Crippen LogP contribution in [0.25, 0.3) is 22.2 Å². The van der Waals surface area contributed by atoms with Gasteiger partial charge in [-0.05, 0) is 38.0 Å². The molecule has 0 radical (unpaired) electrons. The lowest BCUT2D eigenvalue weighted by molar-refractivity contribution is 0.402. The van der Waals surface area contributed by atoms with Gasteiger partial charge >= 0.3 is 0 Å². The summed E-state index contributed by atoms with van der Waals surface area (Å²) < 4.78 is 2.16. The van der Waals surface area contributed by atoms with Crippen LogP contribution >= 0.6 is 0 Å². The summed E-state index contributed by atoms with van der Waals surface area (Å²) >= 11 is 0. The normalized spacial score (nSPS) is 11.5. The average molecular weight is 308 g/mol. The molecular formula is C19H24N4. The van der Waals surface area contributed by atoms with Gasteiger partial charge in [-0.25, -0.2) is 0 Å². The number of hydrogen-bond acceptors (Lipinski definition) is 3. The van der Waals surface area contributed by atoms with Gasteiger partial charge in [-0.1, -0.05) is 26.7 Å². The standard InChI is InChI=1S/C19H24N4/c1-4-7-16(8-5-2)23-19-13-21-18(11-15(19)12-22-23)17-9-6-10-20-14(17)3/h6,9-13,16H,4-5,7-8H2,1-3H3. The van der Waals surface area contributed by atoms with E-state index in [0.29, 0.717) is 6.04 Å². The molecule has 4 nitrogen and oxygen atoms in total. The summed E-state index contributed by atoms with van der Waals surface area (Å²) in [6.07, 6.45) is 10.4. The van der Waals surface area contributed by atoms with Crippen LogP contribution in [0.2, 0.25) is 0 Å². The van der Waals surface area contributed by atoms with Crippen molar-refractivity contribution in [2.24, 2.45) is 0 Å². The Bertz CT molecular complexity index is 785. The maximum absolute atomic E-state index is 4.67. The van der Waals surface area contributed by atoms with E-state index < -0.39 is 0 Å². The fraction of sp³-hybridized carbons (Fsp3) is 0.421. The maximum Gasteiger partial charge on any atom is 0.0869 e. The molecule has 0 amide bonds. The lowest BCUT2D eigenvalue weighted by Gasteiger charge is -2.17. The molecular weight excluding hydrogens is 284 g/mol. The molecule has 0 fully saturated rings. The molecule has 0 unspecified atom stereocenters. The number of aryl methyl sites for hydroxylation is 1. The third kappa shape index (κ3) is 3.11. The molecule has 0 saturated heterocycles. The molecule has 3 heterocycles. The van der Waals surface area contributed by atoms with Gasteiger partial charge in [0.25, 0.3) is 0 Å². The topological polar surface area (TPSA) is 43.6 Å². The van der Waals surface area contributed by atoms with Crippen molar-refractivity contribution >= 4 is 10.9 Å². The van der Waals surface area contributed by atoms with Crippen molar-refractivity contribution < 1.29 is 0 Å².